The van der Waals surface area contributed by atoms with Crippen molar-refractivity contribution in [2.75, 3.05) is 4.72 Å². The van der Waals surface area contributed by atoms with Gasteiger partial charge in [0.2, 0.25) is 0 Å². The number of thiocarbonyl (C=S) groups is 1. The molecule has 0 bridgehead atoms. The molecule has 4 N–H and O–H groups in total. The van der Waals surface area contributed by atoms with Crippen LogP contribution in [0.3, 0.4) is 0 Å². The maximum absolute atomic E-state index is 12.5. The van der Waals surface area contributed by atoms with Crippen LogP contribution in [0.2, 0.25) is 0 Å². The van der Waals surface area contributed by atoms with E-state index in [-0.39, 0.29) is 15.5 Å². The molecule has 1 heterocycles. The zero-order chi connectivity index (χ0) is 20.0. The van der Waals surface area contributed by atoms with Crippen molar-refractivity contribution >= 4 is 50.3 Å². The van der Waals surface area contributed by atoms with Crippen LogP contribution >= 0.6 is 23.6 Å². The number of hydrogen-bond acceptors (Lipinski definition) is 5. The van der Waals surface area contributed by atoms with Crippen LogP contribution in [-0.2, 0) is 10.0 Å². The Morgan fingerprint density at radius 3 is 2.50 bits per heavy atom. The molecule has 0 atom stereocenters. The zero-order valence-corrected chi connectivity index (χ0v) is 17.6. The average Bonchev–Trinajstić information content (AvgIpc) is 3.23. The minimum Gasteiger partial charge on any atom is -0.359 e. The molecule has 0 aliphatic heterocycles. The first-order valence-corrected chi connectivity index (χ1v) is 11.7. The highest BCUT2D eigenvalue weighted by Gasteiger charge is 2.20. The third kappa shape index (κ3) is 5.43. The largest absolute Gasteiger partial charge is 0.359 e. The molecule has 28 heavy (non-hydrogen) atoms. The van der Waals surface area contributed by atoms with Gasteiger partial charge in [-0.15, -0.1) is 11.3 Å². The molecule has 1 aromatic carbocycles. The molecule has 0 radical (unpaired) electrons. The van der Waals surface area contributed by atoms with Crippen molar-refractivity contribution in [3.8, 4) is 0 Å². The van der Waals surface area contributed by atoms with Crippen LogP contribution in [-0.4, -0.2) is 25.5 Å². The fraction of sp³-hybridized carbons (Fsp3) is 0.333. The van der Waals surface area contributed by atoms with Gasteiger partial charge in [0.05, 0.1) is 11.3 Å². The van der Waals surface area contributed by atoms with Gasteiger partial charge in [0.25, 0.3) is 15.9 Å². The summed E-state index contributed by atoms with van der Waals surface area (Å²) < 4.78 is 27.5. The van der Waals surface area contributed by atoms with Crippen LogP contribution in [0.15, 0.2) is 46.0 Å². The van der Waals surface area contributed by atoms with Gasteiger partial charge in [-0.1, -0.05) is 37.5 Å². The Morgan fingerprint density at radius 1 is 1.04 bits per heavy atom. The number of nitrogens with one attached hydrogen (secondary N) is 4. The second kappa shape index (κ2) is 9.35. The third-order valence-corrected chi connectivity index (χ3v) is 7.39. The van der Waals surface area contributed by atoms with Crippen LogP contribution < -0.4 is 20.9 Å². The SMILES string of the molecule is O=C(NNC(=S)NC1CCCCC1)c1ccccc1NS(=O)(=O)c1cccs1. The zero-order valence-electron chi connectivity index (χ0n) is 15.1. The number of carbonyl (C=O) groups excluding carboxylic acids is 1. The van der Waals surface area contributed by atoms with Crippen molar-refractivity contribution in [3.05, 3.63) is 47.3 Å². The summed E-state index contributed by atoms with van der Waals surface area (Å²) in [4.78, 5) is 12.5. The van der Waals surface area contributed by atoms with Gasteiger partial charge >= 0.3 is 0 Å². The molecule has 1 aliphatic carbocycles. The van der Waals surface area contributed by atoms with Crippen molar-refractivity contribution in [1.82, 2.24) is 16.2 Å². The monoisotopic (exact) mass is 438 g/mol. The molecular formula is C18H22N4O3S3. The Bertz CT molecular complexity index is 923. The highest BCUT2D eigenvalue weighted by molar-refractivity contribution is 7.94. The van der Waals surface area contributed by atoms with E-state index >= 15 is 0 Å². The second-order valence-electron chi connectivity index (χ2n) is 6.47. The van der Waals surface area contributed by atoms with Gasteiger partial charge in [0.15, 0.2) is 5.11 Å². The molecule has 1 aliphatic rings. The van der Waals surface area contributed by atoms with E-state index in [0.717, 1.165) is 24.2 Å². The van der Waals surface area contributed by atoms with Crippen molar-refractivity contribution < 1.29 is 13.2 Å². The minimum absolute atomic E-state index is 0.179. The van der Waals surface area contributed by atoms with Gasteiger partial charge in [0.1, 0.15) is 4.21 Å². The summed E-state index contributed by atoms with van der Waals surface area (Å²) in [5.41, 5.74) is 5.60. The van der Waals surface area contributed by atoms with Crippen LogP contribution in [0.1, 0.15) is 42.5 Å². The van der Waals surface area contributed by atoms with Gasteiger partial charge in [0, 0.05) is 6.04 Å². The fourth-order valence-corrected chi connectivity index (χ4v) is 5.32. The molecule has 0 unspecified atom stereocenters. The summed E-state index contributed by atoms with van der Waals surface area (Å²) in [6.45, 7) is 0. The van der Waals surface area contributed by atoms with Gasteiger partial charge in [-0.3, -0.25) is 20.4 Å². The molecule has 0 spiro atoms. The van der Waals surface area contributed by atoms with E-state index in [9.17, 15) is 13.2 Å². The van der Waals surface area contributed by atoms with Gasteiger partial charge in [-0.25, -0.2) is 8.42 Å². The molecule has 1 saturated carbocycles. The number of sulfonamides is 1. The number of rotatable bonds is 5. The third-order valence-electron chi connectivity index (χ3n) is 4.41. The van der Waals surface area contributed by atoms with E-state index in [4.69, 9.17) is 12.2 Å². The number of hydrogen-bond donors (Lipinski definition) is 4. The van der Waals surface area contributed by atoms with Crippen molar-refractivity contribution in [3.63, 3.8) is 0 Å². The van der Waals surface area contributed by atoms with E-state index < -0.39 is 15.9 Å². The lowest BCUT2D eigenvalue weighted by Crippen LogP contribution is -2.50. The van der Waals surface area contributed by atoms with E-state index in [1.165, 1.54) is 25.3 Å². The molecule has 150 valence electrons. The number of carbonyl (C=O) groups is 1. The van der Waals surface area contributed by atoms with E-state index in [1.807, 2.05) is 0 Å². The predicted molar refractivity (Wildman–Crippen MR) is 115 cm³/mol. The van der Waals surface area contributed by atoms with Crippen LogP contribution in [0.25, 0.3) is 0 Å². The van der Waals surface area contributed by atoms with Gasteiger partial charge < -0.3 is 5.32 Å². The standard InChI is InChI=1S/C18H22N4O3S3/c23-17(20-21-18(26)19-13-7-2-1-3-8-13)14-9-4-5-10-15(14)22-28(24,25)16-11-6-12-27-16/h4-6,9-13,22H,1-3,7-8H2,(H,20,23)(H2,19,21,26). The molecule has 10 heteroatoms. The maximum atomic E-state index is 12.5. The lowest BCUT2D eigenvalue weighted by Gasteiger charge is -2.24. The van der Waals surface area contributed by atoms with Crippen LogP contribution in [0.5, 0.6) is 0 Å². The number of benzene rings is 1. The van der Waals surface area contributed by atoms with Crippen molar-refractivity contribution in [2.24, 2.45) is 0 Å². The predicted octanol–water partition coefficient (Wildman–Crippen LogP) is 2.99. The molecule has 3 rings (SSSR count). The molecule has 0 saturated heterocycles. The number of anilines is 1. The maximum Gasteiger partial charge on any atom is 0.271 e. The Balaban J connectivity index is 1.62. The highest BCUT2D eigenvalue weighted by Crippen LogP contribution is 2.22. The molecular weight excluding hydrogens is 416 g/mol. The van der Waals surface area contributed by atoms with E-state index in [2.05, 4.69) is 20.9 Å². The molecule has 1 amide bonds. The van der Waals surface area contributed by atoms with E-state index in [0.29, 0.717) is 11.2 Å². The summed E-state index contributed by atoms with van der Waals surface area (Å²) in [5.74, 6) is -0.489. The van der Waals surface area contributed by atoms with Crippen LogP contribution in [0, 0.1) is 0 Å². The smallest absolute Gasteiger partial charge is 0.271 e. The van der Waals surface area contributed by atoms with Crippen molar-refractivity contribution in [1.29, 1.82) is 0 Å². The normalized spacial score (nSPS) is 14.9. The first kappa shape index (κ1) is 20.6. The number of thiophene rings is 1. The Labute approximate surface area is 173 Å². The molecule has 2 aromatic rings. The summed E-state index contributed by atoms with van der Waals surface area (Å²) >= 11 is 6.34. The Kier molecular flexibility index (Phi) is 6.87. The lowest BCUT2D eigenvalue weighted by molar-refractivity contribution is 0.0944. The number of para-hydroxylation sites is 1. The topological polar surface area (TPSA) is 99.3 Å². The average molecular weight is 439 g/mol. The first-order valence-electron chi connectivity index (χ1n) is 8.98. The Hall–Kier alpha value is -2.17. The summed E-state index contributed by atoms with van der Waals surface area (Å²) in [6, 6.07) is 9.88. The molecule has 1 fully saturated rings. The quantitative estimate of drug-likeness (QED) is 0.423. The van der Waals surface area contributed by atoms with Gasteiger partial charge in [-0.05, 0) is 48.6 Å². The molecule has 1 aromatic heterocycles. The highest BCUT2D eigenvalue weighted by atomic mass is 32.2. The number of hydrazine groups is 1. The van der Waals surface area contributed by atoms with E-state index in [1.54, 1.807) is 35.7 Å². The summed E-state index contributed by atoms with van der Waals surface area (Å²) in [6.07, 6.45) is 5.70. The van der Waals surface area contributed by atoms with Crippen LogP contribution in [0.4, 0.5) is 5.69 Å². The first-order chi connectivity index (χ1) is 13.5. The van der Waals surface area contributed by atoms with Crippen molar-refractivity contribution in [2.45, 2.75) is 42.4 Å². The minimum atomic E-state index is -3.75. The summed E-state index contributed by atoms with van der Waals surface area (Å²) in [5, 5.41) is 5.21. The van der Waals surface area contributed by atoms with Gasteiger partial charge in [-0.2, -0.15) is 0 Å². The lowest BCUT2D eigenvalue weighted by atomic mass is 9.96. The number of amides is 1. The fourth-order valence-electron chi connectivity index (χ4n) is 3.03. The summed E-state index contributed by atoms with van der Waals surface area (Å²) in [7, 11) is -3.75. The Morgan fingerprint density at radius 2 is 1.79 bits per heavy atom. The second-order valence-corrected chi connectivity index (χ2v) is 9.74. The molecule has 7 nitrogen and oxygen atoms in total.